The van der Waals surface area contributed by atoms with E-state index in [2.05, 4.69) is 45.3 Å². The number of tetrazole rings is 1. The average molecular weight is 381 g/mol. The van der Waals surface area contributed by atoms with Gasteiger partial charge in [-0.05, 0) is 41.3 Å². The van der Waals surface area contributed by atoms with Crippen LogP contribution in [0.15, 0.2) is 30.6 Å². The molecule has 8 heteroatoms. The minimum atomic E-state index is -0.723. The fourth-order valence-electron chi connectivity index (χ4n) is 4.30. The van der Waals surface area contributed by atoms with Gasteiger partial charge in [0.2, 0.25) is 5.91 Å². The number of imidazole rings is 1. The molecule has 1 aliphatic rings. The fraction of sp³-hybridized carbons (Fsp3) is 0.550. The van der Waals surface area contributed by atoms with Crippen LogP contribution in [-0.2, 0) is 17.4 Å². The SMILES string of the molecule is CC(C)[C@@H](NC(=O)C1(n2cnnn2)CCCCC1)c1nc2ccccc2n1C. The molecule has 1 saturated carbocycles. The third-order valence-electron chi connectivity index (χ3n) is 5.94. The predicted molar refractivity (Wildman–Crippen MR) is 105 cm³/mol. The number of aromatic nitrogens is 6. The summed E-state index contributed by atoms with van der Waals surface area (Å²) in [5, 5.41) is 14.9. The van der Waals surface area contributed by atoms with Gasteiger partial charge < -0.3 is 9.88 Å². The van der Waals surface area contributed by atoms with Crippen LogP contribution in [0.5, 0.6) is 0 Å². The zero-order valence-corrected chi connectivity index (χ0v) is 16.7. The number of nitrogens with zero attached hydrogens (tertiary/aromatic N) is 6. The summed E-state index contributed by atoms with van der Waals surface area (Å²) in [6, 6.07) is 7.85. The van der Waals surface area contributed by atoms with Gasteiger partial charge in [-0.2, -0.15) is 0 Å². The first-order valence-corrected chi connectivity index (χ1v) is 9.99. The summed E-state index contributed by atoms with van der Waals surface area (Å²) in [7, 11) is 2.00. The van der Waals surface area contributed by atoms with Gasteiger partial charge in [0.05, 0.1) is 17.1 Å². The van der Waals surface area contributed by atoms with Crippen molar-refractivity contribution < 1.29 is 4.79 Å². The van der Waals surface area contributed by atoms with Crippen molar-refractivity contribution in [1.82, 2.24) is 35.1 Å². The maximum Gasteiger partial charge on any atom is 0.248 e. The normalized spacial score (nSPS) is 17.7. The minimum Gasteiger partial charge on any atom is -0.344 e. The highest BCUT2D eigenvalue weighted by Gasteiger charge is 2.44. The maximum absolute atomic E-state index is 13.6. The van der Waals surface area contributed by atoms with Crippen LogP contribution >= 0.6 is 0 Å². The Hall–Kier alpha value is -2.77. The molecule has 0 radical (unpaired) electrons. The van der Waals surface area contributed by atoms with E-state index in [-0.39, 0.29) is 17.9 Å². The molecule has 8 nitrogen and oxygen atoms in total. The van der Waals surface area contributed by atoms with E-state index >= 15 is 0 Å². The number of aryl methyl sites for hydroxylation is 1. The Morgan fingerprint density at radius 3 is 2.57 bits per heavy atom. The van der Waals surface area contributed by atoms with Gasteiger partial charge in [0.15, 0.2) is 0 Å². The average Bonchev–Trinajstić information content (AvgIpc) is 3.35. The van der Waals surface area contributed by atoms with E-state index in [0.29, 0.717) is 0 Å². The van der Waals surface area contributed by atoms with Crippen LogP contribution in [0.2, 0.25) is 0 Å². The lowest BCUT2D eigenvalue weighted by atomic mass is 9.80. The van der Waals surface area contributed by atoms with Crippen LogP contribution < -0.4 is 5.32 Å². The number of benzene rings is 1. The van der Waals surface area contributed by atoms with E-state index in [4.69, 9.17) is 4.98 Å². The Kier molecular flexibility index (Phi) is 4.87. The molecular weight excluding hydrogens is 354 g/mol. The number of para-hydroxylation sites is 2. The van der Waals surface area contributed by atoms with Crippen LogP contribution in [0.3, 0.4) is 0 Å². The second kappa shape index (κ2) is 7.33. The van der Waals surface area contributed by atoms with Crippen LogP contribution in [0.4, 0.5) is 0 Å². The first-order chi connectivity index (χ1) is 13.5. The minimum absolute atomic E-state index is 0.0229. The summed E-state index contributed by atoms with van der Waals surface area (Å²) in [6.45, 7) is 4.21. The second-order valence-corrected chi connectivity index (χ2v) is 8.06. The summed E-state index contributed by atoms with van der Waals surface area (Å²) in [5.41, 5.74) is 1.28. The molecule has 1 atom stereocenters. The highest BCUT2D eigenvalue weighted by molar-refractivity contribution is 5.85. The molecule has 28 heavy (non-hydrogen) atoms. The Balaban J connectivity index is 1.69. The Morgan fingerprint density at radius 2 is 1.93 bits per heavy atom. The van der Waals surface area contributed by atoms with Gasteiger partial charge in [-0.25, -0.2) is 9.67 Å². The number of nitrogens with one attached hydrogen (secondary N) is 1. The largest absolute Gasteiger partial charge is 0.344 e. The van der Waals surface area contributed by atoms with Crippen molar-refractivity contribution in [2.75, 3.05) is 0 Å². The van der Waals surface area contributed by atoms with Gasteiger partial charge in [-0.3, -0.25) is 4.79 Å². The van der Waals surface area contributed by atoms with Crippen molar-refractivity contribution in [2.45, 2.75) is 57.5 Å². The highest BCUT2D eigenvalue weighted by atomic mass is 16.2. The van der Waals surface area contributed by atoms with Gasteiger partial charge in [0, 0.05) is 7.05 Å². The predicted octanol–water partition coefficient (Wildman–Crippen LogP) is 2.73. The molecule has 1 fully saturated rings. The molecule has 1 aromatic carbocycles. The lowest BCUT2D eigenvalue weighted by molar-refractivity contribution is -0.133. The summed E-state index contributed by atoms with van der Waals surface area (Å²) >= 11 is 0. The smallest absolute Gasteiger partial charge is 0.248 e. The van der Waals surface area contributed by atoms with E-state index in [0.717, 1.165) is 49.0 Å². The quantitative estimate of drug-likeness (QED) is 0.734. The molecular formula is C20H27N7O. The van der Waals surface area contributed by atoms with Gasteiger partial charge in [0.1, 0.15) is 17.7 Å². The fourth-order valence-corrected chi connectivity index (χ4v) is 4.30. The summed E-state index contributed by atoms with van der Waals surface area (Å²) < 4.78 is 3.72. The number of rotatable bonds is 5. The van der Waals surface area contributed by atoms with Crippen molar-refractivity contribution in [3.63, 3.8) is 0 Å². The molecule has 1 N–H and O–H groups in total. The lowest BCUT2D eigenvalue weighted by Crippen LogP contribution is -2.52. The zero-order chi connectivity index (χ0) is 19.7. The van der Waals surface area contributed by atoms with E-state index in [9.17, 15) is 4.79 Å². The van der Waals surface area contributed by atoms with Crippen molar-refractivity contribution >= 4 is 16.9 Å². The van der Waals surface area contributed by atoms with Crippen molar-refractivity contribution in [1.29, 1.82) is 0 Å². The van der Waals surface area contributed by atoms with E-state index in [1.54, 1.807) is 11.0 Å². The Labute approximate surface area is 164 Å². The molecule has 0 saturated heterocycles. The number of fused-ring (bicyclic) bond motifs is 1. The van der Waals surface area contributed by atoms with Crippen molar-refractivity contribution in [2.24, 2.45) is 13.0 Å². The number of carbonyl (C=O) groups is 1. The number of hydrogen-bond donors (Lipinski definition) is 1. The molecule has 0 spiro atoms. The second-order valence-electron chi connectivity index (χ2n) is 8.06. The Bertz CT molecular complexity index is 954. The summed E-state index contributed by atoms with van der Waals surface area (Å²) in [6.07, 6.45) is 6.17. The molecule has 1 amide bonds. The molecule has 0 aliphatic heterocycles. The van der Waals surface area contributed by atoms with Crippen LogP contribution in [0.1, 0.15) is 57.8 Å². The standard InChI is InChI=1S/C20H27N7O/c1-14(2)17(18-22-15-9-5-6-10-16(15)26(18)3)23-19(28)20(11-7-4-8-12-20)27-13-21-24-25-27/h5-6,9-10,13-14,17H,4,7-8,11-12H2,1-3H3,(H,23,28)/t17-/m1/s1. The van der Waals surface area contributed by atoms with Gasteiger partial charge in [-0.15, -0.1) is 5.10 Å². The van der Waals surface area contributed by atoms with E-state index in [1.165, 1.54) is 0 Å². The number of hydrogen-bond acceptors (Lipinski definition) is 5. The van der Waals surface area contributed by atoms with Crippen molar-refractivity contribution in [3.05, 3.63) is 36.4 Å². The van der Waals surface area contributed by atoms with Gasteiger partial charge in [0.25, 0.3) is 0 Å². The third kappa shape index (κ3) is 3.06. The molecule has 1 aliphatic carbocycles. The topological polar surface area (TPSA) is 90.5 Å². The van der Waals surface area contributed by atoms with Crippen LogP contribution in [-0.4, -0.2) is 35.7 Å². The number of amides is 1. The highest BCUT2D eigenvalue weighted by Crippen LogP contribution is 2.36. The van der Waals surface area contributed by atoms with E-state index < -0.39 is 5.54 Å². The third-order valence-corrected chi connectivity index (χ3v) is 5.94. The molecule has 0 bridgehead atoms. The Morgan fingerprint density at radius 1 is 1.18 bits per heavy atom. The molecule has 2 aromatic heterocycles. The van der Waals surface area contributed by atoms with E-state index in [1.807, 2.05) is 25.2 Å². The van der Waals surface area contributed by atoms with Gasteiger partial charge >= 0.3 is 0 Å². The molecule has 2 heterocycles. The van der Waals surface area contributed by atoms with Crippen molar-refractivity contribution in [3.8, 4) is 0 Å². The van der Waals surface area contributed by atoms with Crippen LogP contribution in [0.25, 0.3) is 11.0 Å². The molecule has 4 rings (SSSR count). The van der Waals surface area contributed by atoms with Gasteiger partial charge in [-0.1, -0.05) is 45.2 Å². The van der Waals surface area contributed by atoms with Crippen LogP contribution in [0, 0.1) is 5.92 Å². The first-order valence-electron chi connectivity index (χ1n) is 9.99. The monoisotopic (exact) mass is 381 g/mol. The maximum atomic E-state index is 13.6. The zero-order valence-electron chi connectivity index (χ0n) is 16.7. The summed E-state index contributed by atoms with van der Waals surface area (Å²) in [4.78, 5) is 18.4. The first kappa shape index (κ1) is 18.6. The lowest BCUT2D eigenvalue weighted by Gasteiger charge is -2.36. The number of carbonyl (C=O) groups excluding carboxylic acids is 1. The molecule has 3 aromatic rings. The summed E-state index contributed by atoms with van der Waals surface area (Å²) in [5.74, 6) is 1.03. The molecule has 0 unspecified atom stereocenters. The molecule has 148 valence electrons.